The van der Waals surface area contributed by atoms with Crippen LogP contribution in [0.2, 0.25) is 0 Å². The third kappa shape index (κ3) is 2.69. The molecule has 0 bridgehead atoms. The lowest BCUT2D eigenvalue weighted by Gasteiger charge is -2.15. The predicted molar refractivity (Wildman–Crippen MR) is 82.9 cm³/mol. The number of fused-ring (bicyclic) bond motifs is 1. The smallest absolute Gasteiger partial charge is 0.355 e. The molecule has 0 saturated heterocycles. The molecule has 0 saturated carbocycles. The summed E-state index contributed by atoms with van der Waals surface area (Å²) in [5.74, 6) is 0. The van der Waals surface area contributed by atoms with Crippen LogP contribution in [0.1, 0.15) is 5.56 Å². The van der Waals surface area contributed by atoms with Crippen molar-refractivity contribution < 1.29 is 13.2 Å². The van der Waals surface area contributed by atoms with Gasteiger partial charge in [-0.05, 0) is 30.3 Å². The highest BCUT2D eigenvalue weighted by Gasteiger charge is 2.37. The van der Waals surface area contributed by atoms with Crippen LogP contribution in [0.5, 0.6) is 0 Å². The molecule has 1 N–H and O–H groups in total. The Hall–Kier alpha value is -2.70. The molecule has 0 fully saturated rings. The molecule has 23 heavy (non-hydrogen) atoms. The lowest BCUT2D eigenvalue weighted by molar-refractivity contribution is -0.138. The minimum Gasteiger partial charge on any atom is -0.355 e. The number of anilines is 2. The van der Waals surface area contributed by atoms with E-state index in [9.17, 15) is 18.0 Å². The van der Waals surface area contributed by atoms with Gasteiger partial charge in [0.25, 0.3) is 5.56 Å². The molecule has 0 amide bonds. The summed E-state index contributed by atoms with van der Waals surface area (Å²) in [4.78, 5) is 11.8. The maximum atomic E-state index is 13.2. The van der Waals surface area contributed by atoms with Crippen LogP contribution in [-0.4, -0.2) is 9.13 Å². The van der Waals surface area contributed by atoms with E-state index in [1.54, 1.807) is 12.1 Å². The van der Waals surface area contributed by atoms with Crippen molar-refractivity contribution in [2.24, 2.45) is 14.1 Å². The number of pyridine rings is 1. The van der Waals surface area contributed by atoms with Gasteiger partial charge in [0.05, 0.1) is 5.69 Å². The third-order valence-corrected chi connectivity index (χ3v) is 3.72. The van der Waals surface area contributed by atoms with Crippen LogP contribution in [0.25, 0.3) is 10.9 Å². The fourth-order valence-electron chi connectivity index (χ4n) is 2.52. The summed E-state index contributed by atoms with van der Waals surface area (Å²) >= 11 is 0. The number of aryl methyl sites for hydroxylation is 2. The molecule has 2 heterocycles. The molecule has 0 aliphatic rings. The van der Waals surface area contributed by atoms with Crippen molar-refractivity contribution in [1.29, 1.82) is 0 Å². The van der Waals surface area contributed by atoms with Crippen molar-refractivity contribution in [1.82, 2.24) is 9.13 Å². The lowest BCUT2D eigenvalue weighted by atomic mass is 10.2. The summed E-state index contributed by atoms with van der Waals surface area (Å²) < 4.78 is 42.4. The Morgan fingerprint density at radius 1 is 1.00 bits per heavy atom. The first-order chi connectivity index (χ1) is 10.8. The number of halogens is 3. The van der Waals surface area contributed by atoms with E-state index in [4.69, 9.17) is 0 Å². The Kier molecular flexibility index (Phi) is 3.43. The molecular weight excluding hydrogens is 307 g/mol. The maximum Gasteiger partial charge on any atom is 0.423 e. The second kappa shape index (κ2) is 5.19. The normalized spacial score (nSPS) is 11.9. The molecule has 2 aromatic heterocycles. The molecule has 4 nitrogen and oxygen atoms in total. The number of hydrogen-bond acceptors (Lipinski definition) is 2. The summed E-state index contributed by atoms with van der Waals surface area (Å²) in [5.41, 5.74) is -1.08. The molecule has 0 atom stereocenters. The van der Waals surface area contributed by atoms with Crippen molar-refractivity contribution in [3.63, 3.8) is 0 Å². The number of nitrogens with one attached hydrogen (secondary N) is 1. The van der Waals surface area contributed by atoms with E-state index in [-0.39, 0.29) is 5.69 Å². The van der Waals surface area contributed by atoms with E-state index in [0.717, 1.165) is 15.5 Å². The molecule has 0 aliphatic carbocycles. The number of hydrogen-bond donors (Lipinski definition) is 1. The zero-order chi connectivity index (χ0) is 16.8. The Balaban J connectivity index is 2.08. The molecule has 120 valence electrons. The zero-order valence-electron chi connectivity index (χ0n) is 12.5. The maximum absolute atomic E-state index is 13.2. The van der Waals surface area contributed by atoms with Crippen molar-refractivity contribution >= 4 is 22.3 Å². The van der Waals surface area contributed by atoms with Crippen molar-refractivity contribution in [3.05, 3.63) is 58.6 Å². The average Bonchev–Trinajstić information content (AvgIpc) is 2.83. The molecule has 0 radical (unpaired) electrons. The highest BCUT2D eigenvalue weighted by atomic mass is 19.4. The van der Waals surface area contributed by atoms with E-state index in [1.165, 1.54) is 19.3 Å². The first kappa shape index (κ1) is 15.2. The second-order valence-electron chi connectivity index (χ2n) is 5.34. The Morgan fingerprint density at radius 3 is 2.39 bits per heavy atom. The minimum absolute atomic E-state index is 0.254. The Labute approximate surface area is 129 Å². The van der Waals surface area contributed by atoms with Crippen LogP contribution in [0.3, 0.4) is 0 Å². The fraction of sp³-hybridized carbons (Fsp3) is 0.188. The van der Waals surface area contributed by atoms with Crippen molar-refractivity contribution in [3.8, 4) is 0 Å². The van der Waals surface area contributed by atoms with E-state index < -0.39 is 17.3 Å². The van der Waals surface area contributed by atoms with Crippen LogP contribution in [-0.2, 0) is 20.3 Å². The number of alkyl halides is 3. The predicted octanol–water partition coefficient (Wildman–Crippen LogP) is 3.64. The van der Waals surface area contributed by atoms with Gasteiger partial charge in [-0.25, -0.2) is 0 Å². The van der Waals surface area contributed by atoms with Crippen LogP contribution >= 0.6 is 0 Å². The first-order valence-electron chi connectivity index (χ1n) is 6.86. The molecule has 0 aliphatic heterocycles. The second-order valence-corrected chi connectivity index (χ2v) is 5.34. The van der Waals surface area contributed by atoms with E-state index >= 15 is 0 Å². The van der Waals surface area contributed by atoms with Gasteiger partial charge >= 0.3 is 6.18 Å². The van der Waals surface area contributed by atoms with Gasteiger partial charge in [0.1, 0.15) is 5.56 Å². The van der Waals surface area contributed by atoms with E-state index in [0.29, 0.717) is 5.69 Å². The molecule has 0 unspecified atom stereocenters. The Morgan fingerprint density at radius 2 is 1.70 bits per heavy atom. The van der Waals surface area contributed by atoms with Gasteiger partial charge in [-0.3, -0.25) is 4.79 Å². The van der Waals surface area contributed by atoms with Crippen molar-refractivity contribution in [2.45, 2.75) is 6.18 Å². The molecule has 3 rings (SSSR count). The van der Waals surface area contributed by atoms with Crippen LogP contribution < -0.4 is 10.9 Å². The standard InChI is InChI=1S/C16H14F3N3O/c1-21-7-5-10-9-11(3-4-13(10)21)20-12-6-8-22(2)15(23)14(12)16(17,18)19/h3-9,20H,1-2H3. The molecule has 7 heteroatoms. The average molecular weight is 321 g/mol. The van der Waals surface area contributed by atoms with Crippen LogP contribution in [0.4, 0.5) is 24.5 Å². The highest BCUT2D eigenvalue weighted by Crippen LogP contribution is 2.33. The van der Waals surface area contributed by atoms with Gasteiger partial charge in [-0.2, -0.15) is 13.2 Å². The molecule has 3 aromatic rings. The summed E-state index contributed by atoms with van der Waals surface area (Å²) in [5, 5.41) is 3.60. The van der Waals surface area contributed by atoms with Gasteiger partial charge in [-0.15, -0.1) is 0 Å². The number of aromatic nitrogens is 2. The summed E-state index contributed by atoms with van der Waals surface area (Å²) in [6.45, 7) is 0. The van der Waals surface area contributed by atoms with E-state index in [1.807, 2.05) is 29.9 Å². The zero-order valence-corrected chi connectivity index (χ0v) is 12.5. The van der Waals surface area contributed by atoms with Gasteiger partial charge in [0.15, 0.2) is 0 Å². The van der Waals surface area contributed by atoms with Gasteiger partial charge in [0.2, 0.25) is 0 Å². The summed E-state index contributed by atoms with van der Waals surface area (Å²) in [7, 11) is 3.18. The summed E-state index contributed by atoms with van der Waals surface area (Å²) in [6, 6.07) is 8.35. The molecule has 1 aromatic carbocycles. The van der Waals surface area contributed by atoms with Crippen LogP contribution in [0.15, 0.2) is 47.5 Å². The number of rotatable bonds is 2. The monoisotopic (exact) mass is 321 g/mol. The fourth-order valence-corrected chi connectivity index (χ4v) is 2.52. The quantitative estimate of drug-likeness (QED) is 0.783. The Bertz CT molecular complexity index is 938. The van der Waals surface area contributed by atoms with Crippen LogP contribution in [0, 0.1) is 0 Å². The molecular formula is C16H14F3N3O. The van der Waals surface area contributed by atoms with Gasteiger partial charge in [-0.1, -0.05) is 0 Å². The topological polar surface area (TPSA) is 39.0 Å². The number of benzene rings is 1. The number of nitrogens with zero attached hydrogens (tertiary/aromatic N) is 2. The highest BCUT2D eigenvalue weighted by molar-refractivity contribution is 5.84. The molecule has 0 spiro atoms. The largest absolute Gasteiger partial charge is 0.423 e. The first-order valence-corrected chi connectivity index (χ1v) is 6.86. The van der Waals surface area contributed by atoms with E-state index in [2.05, 4.69) is 5.32 Å². The minimum atomic E-state index is -4.73. The van der Waals surface area contributed by atoms with Gasteiger partial charge in [0, 0.05) is 43.1 Å². The lowest BCUT2D eigenvalue weighted by Crippen LogP contribution is -2.27. The summed E-state index contributed by atoms with van der Waals surface area (Å²) in [6.07, 6.45) is -1.55. The van der Waals surface area contributed by atoms with Crippen molar-refractivity contribution in [2.75, 3.05) is 5.32 Å². The van der Waals surface area contributed by atoms with Gasteiger partial charge < -0.3 is 14.5 Å². The third-order valence-electron chi connectivity index (χ3n) is 3.72. The SMILES string of the molecule is Cn1ccc(Nc2ccc3c(ccn3C)c2)c(C(F)(F)F)c1=O.